The van der Waals surface area contributed by atoms with E-state index in [4.69, 9.17) is 5.73 Å². The first-order chi connectivity index (χ1) is 7.45. The smallest absolute Gasteiger partial charge is 0.0461 e. The lowest BCUT2D eigenvalue weighted by molar-refractivity contribution is 0.540. The maximum Gasteiger partial charge on any atom is 0.0461 e. The largest absolute Gasteiger partial charge is 0.358 e. The van der Waals surface area contributed by atoms with Gasteiger partial charge in [0.25, 0.3) is 0 Å². The molecule has 3 N–H and O–H groups in total. The highest BCUT2D eigenvalue weighted by molar-refractivity contribution is 5.86. The zero-order valence-electron chi connectivity index (χ0n) is 10.5. The van der Waals surface area contributed by atoms with Gasteiger partial charge in [-0.1, -0.05) is 26.0 Å². The number of aromatic amines is 1. The number of hydrogen-bond donors (Lipinski definition) is 2. The maximum absolute atomic E-state index is 5.87. The van der Waals surface area contributed by atoms with Crippen LogP contribution in [-0.4, -0.2) is 11.5 Å². The number of aromatic nitrogens is 1. The third-order valence-electron chi connectivity index (χ3n) is 3.33. The first-order valence-electron chi connectivity index (χ1n) is 5.75. The van der Waals surface area contributed by atoms with Crippen molar-refractivity contribution in [3.63, 3.8) is 0 Å². The second kappa shape index (κ2) is 3.63. The van der Waals surface area contributed by atoms with Crippen molar-refractivity contribution in [1.82, 2.24) is 4.98 Å². The summed E-state index contributed by atoms with van der Waals surface area (Å²) in [5, 5.41) is 1.30. The van der Waals surface area contributed by atoms with Crippen molar-refractivity contribution < 1.29 is 0 Å². The molecule has 0 radical (unpaired) electrons. The van der Waals surface area contributed by atoms with Gasteiger partial charge >= 0.3 is 0 Å². The average molecular weight is 216 g/mol. The Hall–Kier alpha value is -1.28. The summed E-state index contributed by atoms with van der Waals surface area (Å²) in [7, 11) is 0. The van der Waals surface area contributed by atoms with E-state index in [2.05, 4.69) is 50.9 Å². The van der Waals surface area contributed by atoms with Crippen molar-refractivity contribution in [1.29, 1.82) is 0 Å². The van der Waals surface area contributed by atoms with Gasteiger partial charge in [0.1, 0.15) is 0 Å². The van der Waals surface area contributed by atoms with Crippen molar-refractivity contribution in [2.75, 3.05) is 6.54 Å². The van der Waals surface area contributed by atoms with Crippen LogP contribution < -0.4 is 5.73 Å². The van der Waals surface area contributed by atoms with Crippen LogP contribution in [0.2, 0.25) is 0 Å². The van der Waals surface area contributed by atoms with Gasteiger partial charge in [-0.2, -0.15) is 0 Å². The van der Waals surface area contributed by atoms with Gasteiger partial charge < -0.3 is 10.7 Å². The standard InChI is InChI=1S/C14H20N2/c1-9-5-6-11-12(7-9)16-10(2)13(11)14(3,4)8-15/h5-7,16H,8,15H2,1-4H3. The van der Waals surface area contributed by atoms with E-state index >= 15 is 0 Å². The summed E-state index contributed by atoms with van der Waals surface area (Å²) < 4.78 is 0. The molecule has 0 spiro atoms. The Morgan fingerprint density at radius 1 is 1.25 bits per heavy atom. The fourth-order valence-corrected chi connectivity index (χ4v) is 2.42. The lowest BCUT2D eigenvalue weighted by Gasteiger charge is -2.23. The van der Waals surface area contributed by atoms with E-state index in [0.29, 0.717) is 6.54 Å². The third-order valence-corrected chi connectivity index (χ3v) is 3.33. The number of rotatable bonds is 2. The van der Waals surface area contributed by atoms with Crippen LogP contribution in [0.25, 0.3) is 10.9 Å². The minimum absolute atomic E-state index is 0.0254. The van der Waals surface area contributed by atoms with Gasteiger partial charge in [-0.05, 0) is 31.0 Å². The molecule has 0 fully saturated rings. The van der Waals surface area contributed by atoms with E-state index in [9.17, 15) is 0 Å². The molecule has 0 amide bonds. The highest BCUT2D eigenvalue weighted by Crippen LogP contribution is 2.32. The molecule has 16 heavy (non-hydrogen) atoms. The zero-order chi connectivity index (χ0) is 11.9. The molecule has 0 aliphatic rings. The van der Waals surface area contributed by atoms with Crippen LogP contribution in [0.4, 0.5) is 0 Å². The molecule has 1 aromatic heterocycles. The molecule has 0 atom stereocenters. The van der Waals surface area contributed by atoms with Gasteiger partial charge in [-0.25, -0.2) is 0 Å². The molecule has 2 nitrogen and oxygen atoms in total. The van der Waals surface area contributed by atoms with Crippen LogP contribution in [-0.2, 0) is 5.41 Å². The summed E-state index contributed by atoms with van der Waals surface area (Å²) in [6.45, 7) is 9.30. The summed E-state index contributed by atoms with van der Waals surface area (Å²) in [5.41, 5.74) is 11.0. The predicted octanol–water partition coefficient (Wildman–Crippen LogP) is 3.02. The fraction of sp³-hybridized carbons (Fsp3) is 0.429. The Morgan fingerprint density at radius 2 is 1.94 bits per heavy atom. The highest BCUT2D eigenvalue weighted by Gasteiger charge is 2.24. The Bertz CT molecular complexity index is 521. The molecule has 2 heteroatoms. The summed E-state index contributed by atoms with van der Waals surface area (Å²) in [5.74, 6) is 0. The summed E-state index contributed by atoms with van der Waals surface area (Å²) in [6, 6.07) is 6.55. The van der Waals surface area contributed by atoms with Gasteiger partial charge in [0.05, 0.1) is 0 Å². The van der Waals surface area contributed by atoms with E-state index in [1.54, 1.807) is 0 Å². The summed E-state index contributed by atoms with van der Waals surface area (Å²) in [6.07, 6.45) is 0. The monoisotopic (exact) mass is 216 g/mol. The van der Waals surface area contributed by atoms with Crippen molar-refractivity contribution in [3.05, 3.63) is 35.0 Å². The van der Waals surface area contributed by atoms with Gasteiger partial charge in [0, 0.05) is 28.6 Å². The van der Waals surface area contributed by atoms with Crippen LogP contribution in [0.3, 0.4) is 0 Å². The van der Waals surface area contributed by atoms with Crippen molar-refractivity contribution in [3.8, 4) is 0 Å². The molecule has 0 aliphatic heterocycles. The SMILES string of the molecule is Cc1ccc2c(C(C)(C)CN)c(C)[nH]c2c1. The molecule has 0 unspecified atom stereocenters. The number of aryl methyl sites for hydroxylation is 2. The lowest BCUT2D eigenvalue weighted by atomic mass is 9.83. The molecule has 0 aliphatic carbocycles. The molecule has 1 aromatic carbocycles. The van der Waals surface area contributed by atoms with Crippen LogP contribution >= 0.6 is 0 Å². The molecular weight excluding hydrogens is 196 g/mol. The van der Waals surface area contributed by atoms with E-state index < -0.39 is 0 Å². The Morgan fingerprint density at radius 3 is 2.56 bits per heavy atom. The Kier molecular flexibility index (Phi) is 2.55. The first-order valence-corrected chi connectivity index (χ1v) is 5.75. The maximum atomic E-state index is 5.87. The molecule has 86 valence electrons. The minimum Gasteiger partial charge on any atom is -0.358 e. The molecule has 0 saturated carbocycles. The topological polar surface area (TPSA) is 41.8 Å². The molecular formula is C14H20N2. The normalized spacial score (nSPS) is 12.3. The van der Waals surface area contributed by atoms with E-state index in [-0.39, 0.29) is 5.41 Å². The van der Waals surface area contributed by atoms with E-state index in [1.165, 1.54) is 27.7 Å². The van der Waals surface area contributed by atoms with Gasteiger partial charge in [-0.15, -0.1) is 0 Å². The Labute approximate surface area is 96.9 Å². The lowest BCUT2D eigenvalue weighted by Crippen LogP contribution is -2.28. The molecule has 0 saturated heterocycles. The quantitative estimate of drug-likeness (QED) is 0.796. The second-order valence-electron chi connectivity index (χ2n) is 5.26. The van der Waals surface area contributed by atoms with E-state index in [0.717, 1.165) is 0 Å². The summed E-state index contributed by atoms with van der Waals surface area (Å²) in [4.78, 5) is 3.45. The Balaban J connectivity index is 2.74. The van der Waals surface area contributed by atoms with Crippen LogP contribution in [0.15, 0.2) is 18.2 Å². The van der Waals surface area contributed by atoms with Gasteiger partial charge in [0.2, 0.25) is 0 Å². The van der Waals surface area contributed by atoms with Crippen molar-refractivity contribution in [2.45, 2.75) is 33.1 Å². The number of nitrogens with one attached hydrogen (secondary N) is 1. The van der Waals surface area contributed by atoms with Crippen LogP contribution in [0.5, 0.6) is 0 Å². The first kappa shape index (κ1) is 11.2. The minimum atomic E-state index is 0.0254. The molecule has 2 aromatic rings. The van der Waals surface area contributed by atoms with Crippen molar-refractivity contribution >= 4 is 10.9 Å². The summed E-state index contributed by atoms with van der Waals surface area (Å²) >= 11 is 0. The number of nitrogens with two attached hydrogens (primary N) is 1. The predicted molar refractivity (Wildman–Crippen MR) is 69.9 cm³/mol. The number of benzene rings is 1. The fourth-order valence-electron chi connectivity index (χ4n) is 2.42. The number of hydrogen-bond acceptors (Lipinski definition) is 1. The van der Waals surface area contributed by atoms with Crippen LogP contribution in [0, 0.1) is 13.8 Å². The van der Waals surface area contributed by atoms with E-state index in [1.807, 2.05) is 0 Å². The van der Waals surface area contributed by atoms with Gasteiger partial charge in [-0.3, -0.25) is 0 Å². The number of fused-ring (bicyclic) bond motifs is 1. The molecule has 1 heterocycles. The zero-order valence-corrected chi connectivity index (χ0v) is 10.5. The second-order valence-corrected chi connectivity index (χ2v) is 5.26. The molecule has 0 bridgehead atoms. The average Bonchev–Trinajstić information content (AvgIpc) is 2.53. The molecule has 2 rings (SSSR count). The number of H-pyrrole nitrogens is 1. The van der Waals surface area contributed by atoms with Gasteiger partial charge in [0.15, 0.2) is 0 Å². The van der Waals surface area contributed by atoms with Crippen LogP contribution in [0.1, 0.15) is 30.7 Å². The van der Waals surface area contributed by atoms with Crippen molar-refractivity contribution in [2.24, 2.45) is 5.73 Å². The third kappa shape index (κ3) is 1.63. The highest BCUT2D eigenvalue weighted by atomic mass is 14.7.